The van der Waals surface area contributed by atoms with E-state index in [0.29, 0.717) is 9.49 Å². The highest BCUT2D eigenvalue weighted by atomic mass is 32.2. The lowest BCUT2D eigenvalue weighted by atomic mass is 9.99. The Morgan fingerprint density at radius 3 is 2.52 bits per heavy atom. The van der Waals surface area contributed by atoms with Gasteiger partial charge < -0.3 is 15.4 Å². The van der Waals surface area contributed by atoms with Crippen LogP contribution in [0.15, 0.2) is 4.99 Å². The maximum atomic E-state index is 5.50. The van der Waals surface area contributed by atoms with Crippen LogP contribution >= 0.6 is 23.5 Å². The van der Waals surface area contributed by atoms with Crippen molar-refractivity contribution in [1.82, 2.24) is 10.6 Å². The topological polar surface area (TPSA) is 45.7 Å². The molecule has 0 saturated carbocycles. The number of rotatable bonds is 5. The van der Waals surface area contributed by atoms with Crippen molar-refractivity contribution in [3.05, 3.63) is 0 Å². The summed E-state index contributed by atoms with van der Waals surface area (Å²) in [5.74, 6) is 2.23. The first-order valence-electron chi connectivity index (χ1n) is 7.83. The summed E-state index contributed by atoms with van der Waals surface area (Å²) in [4.78, 5) is 4.37. The molecule has 1 unspecified atom stereocenters. The number of thioether (sulfide) groups is 2. The second-order valence-electron chi connectivity index (χ2n) is 6.18. The number of ether oxygens (including phenoxy) is 1. The number of hydrogen-bond donors (Lipinski definition) is 2. The highest BCUT2D eigenvalue weighted by Gasteiger charge is 2.32. The average Bonchev–Trinajstić information content (AvgIpc) is 2.95. The molecule has 2 heterocycles. The fourth-order valence-corrected chi connectivity index (χ4v) is 4.94. The third-order valence-corrected chi connectivity index (χ3v) is 7.53. The highest BCUT2D eigenvalue weighted by Crippen LogP contribution is 2.37. The molecule has 2 fully saturated rings. The minimum atomic E-state index is 0.294. The van der Waals surface area contributed by atoms with E-state index in [2.05, 4.69) is 40.6 Å². The minimum Gasteiger partial charge on any atom is -0.381 e. The molecule has 0 aromatic heterocycles. The van der Waals surface area contributed by atoms with E-state index in [1.807, 2.05) is 18.8 Å². The van der Waals surface area contributed by atoms with Crippen molar-refractivity contribution in [3.63, 3.8) is 0 Å². The van der Waals surface area contributed by atoms with E-state index >= 15 is 0 Å². The van der Waals surface area contributed by atoms with Gasteiger partial charge in [-0.3, -0.25) is 4.99 Å². The summed E-state index contributed by atoms with van der Waals surface area (Å²) < 4.78 is 6.16. The Kier molecular flexibility index (Phi) is 6.56. The molecule has 0 bridgehead atoms. The molecule has 2 N–H and O–H groups in total. The first kappa shape index (κ1) is 17.3. The standard InChI is InChI=1S/C15H29N3OS2/c1-14(5-4-10-21-14)11-17-13(16-2)18-12-15(20-3)6-8-19-9-7-15/h4-12H2,1-3H3,(H2,16,17,18). The van der Waals surface area contributed by atoms with Gasteiger partial charge in [0.05, 0.1) is 0 Å². The maximum absolute atomic E-state index is 5.50. The molecule has 0 spiro atoms. The predicted octanol–water partition coefficient (Wildman–Crippen LogP) is 2.35. The van der Waals surface area contributed by atoms with Crippen molar-refractivity contribution in [2.24, 2.45) is 4.99 Å². The van der Waals surface area contributed by atoms with E-state index in [1.54, 1.807) is 0 Å². The average molecular weight is 332 g/mol. The van der Waals surface area contributed by atoms with E-state index in [4.69, 9.17) is 4.74 Å². The molecule has 4 nitrogen and oxygen atoms in total. The van der Waals surface area contributed by atoms with Gasteiger partial charge in [0.15, 0.2) is 5.96 Å². The van der Waals surface area contributed by atoms with Gasteiger partial charge in [-0.25, -0.2) is 0 Å². The summed E-state index contributed by atoms with van der Waals surface area (Å²) in [5.41, 5.74) is 0. The fourth-order valence-electron chi connectivity index (χ4n) is 2.91. The molecule has 2 aliphatic rings. The minimum absolute atomic E-state index is 0.294. The lowest BCUT2D eigenvalue weighted by Crippen LogP contribution is -2.49. The summed E-state index contributed by atoms with van der Waals surface area (Å²) in [7, 11) is 1.86. The molecule has 122 valence electrons. The molecule has 0 amide bonds. The molecule has 2 aliphatic heterocycles. The van der Waals surface area contributed by atoms with Crippen LogP contribution in [0.4, 0.5) is 0 Å². The molecule has 0 radical (unpaired) electrons. The third kappa shape index (κ3) is 4.96. The van der Waals surface area contributed by atoms with Crippen LogP contribution in [0.25, 0.3) is 0 Å². The molecule has 0 aromatic rings. The van der Waals surface area contributed by atoms with Gasteiger partial charge >= 0.3 is 0 Å². The van der Waals surface area contributed by atoms with Gasteiger partial charge in [0.1, 0.15) is 0 Å². The molecular weight excluding hydrogens is 302 g/mol. The summed E-state index contributed by atoms with van der Waals surface area (Å²) in [6, 6.07) is 0. The quantitative estimate of drug-likeness (QED) is 0.598. The normalized spacial score (nSPS) is 29.4. The Morgan fingerprint density at radius 1 is 1.24 bits per heavy atom. The predicted molar refractivity (Wildman–Crippen MR) is 95.8 cm³/mol. The van der Waals surface area contributed by atoms with E-state index in [0.717, 1.165) is 45.1 Å². The summed E-state index contributed by atoms with van der Waals surface area (Å²) in [6.07, 6.45) is 7.08. The number of nitrogens with one attached hydrogen (secondary N) is 2. The Hall–Kier alpha value is -0.0700. The third-order valence-electron chi connectivity index (χ3n) is 4.57. The van der Waals surface area contributed by atoms with Crippen molar-refractivity contribution >= 4 is 29.5 Å². The van der Waals surface area contributed by atoms with E-state index in [1.165, 1.54) is 18.6 Å². The van der Waals surface area contributed by atoms with Crippen LogP contribution in [0.3, 0.4) is 0 Å². The summed E-state index contributed by atoms with van der Waals surface area (Å²) in [5, 5.41) is 7.04. The number of nitrogens with zero attached hydrogens (tertiary/aromatic N) is 1. The Labute approximate surface area is 137 Å². The van der Waals surface area contributed by atoms with Gasteiger partial charge in [0.25, 0.3) is 0 Å². The van der Waals surface area contributed by atoms with Crippen molar-refractivity contribution in [3.8, 4) is 0 Å². The monoisotopic (exact) mass is 331 g/mol. The summed E-state index contributed by atoms with van der Waals surface area (Å²) in [6.45, 7) is 6.06. The lowest BCUT2D eigenvalue weighted by molar-refractivity contribution is 0.0783. The summed E-state index contributed by atoms with van der Waals surface area (Å²) >= 11 is 4.04. The number of aliphatic imine (C=N–C) groups is 1. The van der Waals surface area contributed by atoms with Gasteiger partial charge in [-0.05, 0) is 44.6 Å². The van der Waals surface area contributed by atoms with Crippen molar-refractivity contribution in [2.75, 3.05) is 45.4 Å². The van der Waals surface area contributed by atoms with Crippen molar-refractivity contribution in [2.45, 2.75) is 42.1 Å². The zero-order chi connectivity index (χ0) is 15.2. The van der Waals surface area contributed by atoms with Crippen LogP contribution in [0.2, 0.25) is 0 Å². The Morgan fingerprint density at radius 2 is 1.95 bits per heavy atom. The zero-order valence-electron chi connectivity index (χ0n) is 13.5. The van der Waals surface area contributed by atoms with Gasteiger partial charge in [0.2, 0.25) is 0 Å². The Bertz CT molecular complexity index is 351. The first-order valence-corrected chi connectivity index (χ1v) is 10.0. The van der Waals surface area contributed by atoms with Crippen LogP contribution < -0.4 is 10.6 Å². The van der Waals surface area contributed by atoms with Crippen LogP contribution in [0, 0.1) is 0 Å². The molecular formula is C15H29N3OS2. The van der Waals surface area contributed by atoms with E-state index in [9.17, 15) is 0 Å². The fraction of sp³-hybridized carbons (Fsp3) is 0.933. The Balaban J connectivity index is 1.79. The van der Waals surface area contributed by atoms with Gasteiger partial charge in [-0.1, -0.05) is 0 Å². The van der Waals surface area contributed by atoms with Gasteiger partial charge in [-0.2, -0.15) is 23.5 Å². The highest BCUT2D eigenvalue weighted by molar-refractivity contribution is 8.00. The molecule has 6 heteroatoms. The van der Waals surface area contributed by atoms with Crippen molar-refractivity contribution in [1.29, 1.82) is 0 Å². The van der Waals surface area contributed by atoms with Crippen molar-refractivity contribution < 1.29 is 4.74 Å². The molecule has 0 aliphatic carbocycles. The second-order valence-corrected chi connectivity index (χ2v) is 9.14. The molecule has 2 saturated heterocycles. The smallest absolute Gasteiger partial charge is 0.191 e. The number of guanidine groups is 1. The molecule has 2 rings (SSSR count). The molecule has 0 aromatic carbocycles. The maximum Gasteiger partial charge on any atom is 0.191 e. The van der Waals surface area contributed by atoms with Crippen LogP contribution in [0.1, 0.15) is 32.6 Å². The zero-order valence-corrected chi connectivity index (χ0v) is 15.2. The second kappa shape index (κ2) is 7.97. The molecule has 21 heavy (non-hydrogen) atoms. The first-order chi connectivity index (χ1) is 10.1. The van der Waals surface area contributed by atoms with E-state index < -0.39 is 0 Å². The number of hydrogen-bond acceptors (Lipinski definition) is 4. The largest absolute Gasteiger partial charge is 0.381 e. The lowest BCUT2D eigenvalue weighted by Gasteiger charge is -2.36. The van der Waals surface area contributed by atoms with Gasteiger partial charge in [-0.15, -0.1) is 0 Å². The van der Waals surface area contributed by atoms with Crippen LogP contribution in [0.5, 0.6) is 0 Å². The molecule has 1 atom stereocenters. The van der Waals surface area contributed by atoms with Crippen LogP contribution in [-0.2, 0) is 4.74 Å². The van der Waals surface area contributed by atoms with E-state index in [-0.39, 0.29) is 0 Å². The van der Waals surface area contributed by atoms with Crippen LogP contribution in [-0.4, -0.2) is 60.8 Å². The van der Waals surface area contributed by atoms with Gasteiger partial charge in [0, 0.05) is 42.8 Å². The SMILES string of the molecule is CN=C(NCC1(C)CCCS1)NCC1(SC)CCOCC1.